The molecule has 1 amide bonds. The van der Waals surface area contributed by atoms with E-state index < -0.39 is 11.5 Å². The molecule has 1 saturated carbocycles. The van der Waals surface area contributed by atoms with Crippen LogP contribution in [0.5, 0.6) is 0 Å². The number of carboxylic acid groups (broad SMARTS) is 1. The van der Waals surface area contributed by atoms with Gasteiger partial charge in [0, 0.05) is 13.5 Å². The molecule has 1 aliphatic rings. The Morgan fingerprint density at radius 1 is 1.10 bits per heavy atom. The number of carbonyl (C=O) groups is 2. The van der Waals surface area contributed by atoms with Crippen molar-refractivity contribution in [2.75, 3.05) is 13.6 Å². The predicted molar refractivity (Wildman–Crippen MR) is 83.0 cm³/mol. The lowest BCUT2D eigenvalue weighted by molar-refractivity contribution is -0.146. The first-order chi connectivity index (χ1) is 10.0. The lowest BCUT2D eigenvalue weighted by Gasteiger charge is -2.44. The van der Waals surface area contributed by atoms with Gasteiger partial charge in [-0.05, 0) is 32.2 Å². The van der Waals surface area contributed by atoms with Crippen LogP contribution in [0, 0.1) is 0 Å². The zero-order valence-electron chi connectivity index (χ0n) is 13.3. The Balaban J connectivity index is 2.52. The van der Waals surface area contributed by atoms with Crippen LogP contribution in [0.3, 0.4) is 0 Å². The number of amides is 1. The summed E-state index contributed by atoms with van der Waals surface area (Å²) in [5.74, 6) is -0.717. The number of nitrogens with zero attached hydrogens (tertiary/aromatic N) is 1. The fraction of sp³-hybridized carbons (Fsp3) is 0.875. The van der Waals surface area contributed by atoms with Crippen molar-refractivity contribution in [3.63, 3.8) is 0 Å². The topological polar surface area (TPSA) is 83.6 Å². The van der Waals surface area contributed by atoms with Gasteiger partial charge in [-0.3, -0.25) is 9.59 Å². The van der Waals surface area contributed by atoms with Crippen LogP contribution in [-0.4, -0.2) is 41.0 Å². The number of aliphatic carboxylic acids is 1. The zero-order valence-corrected chi connectivity index (χ0v) is 13.3. The van der Waals surface area contributed by atoms with Gasteiger partial charge in [-0.15, -0.1) is 0 Å². The molecule has 0 aliphatic heterocycles. The zero-order chi connectivity index (χ0) is 15.7. The van der Waals surface area contributed by atoms with E-state index in [2.05, 4.69) is 0 Å². The molecule has 1 rings (SSSR count). The molecular formula is C16H30N2O3. The van der Waals surface area contributed by atoms with Crippen molar-refractivity contribution in [2.24, 2.45) is 5.73 Å². The molecule has 1 fully saturated rings. The van der Waals surface area contributed by atoms with E-state index in [-0.39, 0.29) is 12.3 Å². The fourth-order valence-corrected chi connectivity index (χ4v) is 3.33. The van der Waals surface area contributed by atoms with Crippen LogP contribution in [0.4, 0.5) is 0 Å². The van der Waals surface area contributed by atoms with E-state index in [0.717, 1.165) is 57.8 Å². The van der Waals surface area contributed by atoms with Gasteiger partial charge in [0.2, 0.25) is 5.91 Å². The summed E-state index contributed by atoms with van der Waals surface area (Å²) in [6, 6.07) is 0. The van der Waals surface area contributed by atoms with Crippen LogP contribution in [-0.2, 0) is 9.59 Å². The van der Waals surface area contributed by atoms with Crippen molar-refractivity contribution in [3.8, 4) is 0 Å². The molecule has 3 N–H and O–H groups in total. The molecule has 0 radical (unpaired) electrons. The molecule has 21 heavy (non-hydrogen) atoms. The second kappa shape index (κ2) is 9.03. The summed E-state index contributed by atoms with van der Waals surface area (Å²) in [5.41, 5.74) is 4.99. The molecule has 0 aromatic rings. The third-order valence-electron chi connectivity index (χ3n) is 4.69. The monoisotopic (exact) mass is 298 g/mol. The minimum Gasteiger partial charge on any atom is -0.481 e. The molecule has 0 aromatic carbocycles. The van der Waals surface area contributed by atoms with E-state index in [0.29, 0.717) is 13.0 Å². The summed E-state index contributed by atoms with van der Waals surface area (Å²) >= 11 is 0. The highest BCUT2D eigenvalue weighted by atomic mass is 16.4. The van der Waals surface area contributed by atoms with Crippen molar-refractivity contribution in [3.05, 3.63) is 0 Å². The van der Waals surface area contributed by atoms with Crippen molar-refractivity contribution < 1.29 is 14.7 Å². The molecule has 0 spiro atoms. The number of carboxylic acids is 1. The maximum absolute atomic E-state index is 12.4. The number of hydrogen-bond donors (Lipinski definition) is 2. The molecule has 1 aliphatic carbocycles. The van der Waals surface area contributed by atoms with E-state index in [1.807, 2.05) is 0 Å². The Morgan fingerprint density at radius 2 is 1.71 bits per heavy atom. The minimum atomic E-state index is -0.806. The van der Waals surface area contributed by atoms with Gasteiger partial charge < -0.3 is 15.7 Å². The van der Waals surface area contributed by atoms with Gasteiger partial charge >= 0.3 is 5.97 Å². The number of carbonyl (C=O) groups excluding carboxylic acids is 1. The molecule has 0 saturated heterocycles. The number of hydrogen-bond acceptors (Lipinski definition) is 3. The van der Waals surface area contributed by atoms with E-state index in [1.165, 1.54) is 0 Å². The summed E-state index contributed by atoms with van der Waals surface area (Å²) in [6.45, 7) is 0.704. The Kier molecular flexibility index (Phi) is 7.72. The second-order valence-corrected chi connectivity index (χ2v) is 6.26. The summed E-state index contributed by atoms with van der Waals surface area (Å²) in [5, 5.41) is 9.18. The van der Waals surface area contributed by atoms with Gasteiger partial charge in [0.15, 0.2) is 0 Å². The van der Waals surface area contributed by atoms with Gasteiger partial charge in [0.25, 0.3) is 0 Å². The lowest BCUT2D eigenvalue weighted by atomic mass is 9.78. The molecule has 0 heterocycles. The maximum Gasteiger partial charge on any atom is 0.305 e. The standard InChI is InChI=1S/C16H30N2O3/c1-18(14(19)9-5-2-3-8-12-17)16(13-15(20)21)10-6-4-7-11-16/h2-13,17H2,1H3,(H,20,21). The van der Waals surface area contributed by atoms with E-state index >= 15 is 0 Å². The first-order valence-corrected chi connectivity index (χ1v) is 8.20. The molecular weight excluding hydrogens is 268 g/mol. The van der Waals surface area contributed by atoms with Gasteiger partial charge in [0.1, 0.15) is 0 Å². The molecule has 5 nitrogen and oxygen atoms in total. The average molecular weight is 298 g/mol. The smallest absolute Gasteiger partial charge is 0.305 e. The van der Waals surface area contributed by atoms with Crippen LogP contribution < -0.4 is 5.73 Å². The van der Waals surface area contributed by atoms with Crippen molar-refractivity contribution in [1.29, 1.82) is 0 Å². The summed E-state index contributed by atoms with van der Waals surface area (Å²) < 4.78 is 0. The third kappa shape index (κ3) is 5.65. The van der Waals surface area contributed by atoms with Crippen LogP contribution in [0.2, 0.25) is 0 Å². The number of unbranched alkanes of at least 4 members (excludes halogenated alkanes) is 3. The van der Waals surface area contributed by atoms with Crippen LogP contribution in [0.15, 0.2) is 0 Å². The SMILES string of the molecule is CN(C(=O)CCCCCCN)C1(CC(=O)O)CCCCC1. The predicted octanol–water partition coefficient (Wildman–Crippen LogP) is 2.53. The quantitative estimate of drug-likeness (QED) is 0.641. The molecule has 122 valence electrons. The molecule has 0 bridgehead atoms. The number of rotatable bonds is 9. The van der Waals surface area contributed by atoms with Crippen LogP contribution in [0.25, 0.3) is 0 Å². The molecule has 5 heteroatoms. The highest BCUT2D eigenvalue weighted by molar-refractivity contribution is 5.78. The van der Waals surface area contributed by atoms with E-state index in [4.69, 9.17) is 5.73 Å². The summed E-state index contributed by atoms with van der Waals surface area (Å²) in [7, 11) is 1.79. The molecule has 0 unspecified atom stereocenters. The first-order valence-electron chi connectivity index (χ1n) is 8.20. The Labute approximate surface area is 127 Å². The second-order valence-electron chi connectivity index (χ2n) is 6.26. The Morgan fingerprint density at radius 3 is 2.29 bits per heavy atom. The Bertz CT molecular complexity index is 338. The lowest BCUT2D eigenvalue weighted by Crippen LogP contribution is -2.52. The average Bonchev–Trinajstić information content (AvgIpc) is 2.46. The summed E-state index contributed by atoms with van der Waals surface area (Å²) in [4.78, 5) is 25.3. The van der Waals surface area contributed by atoms with Crippen LogP contribution >= 0.6 is 0 Å². The first kappa shape index (κ1) is 18.0. The maximum atomic E-state index is 12.4. The largest absolute Gasteiger partial charge is 0.481 e. The highest BCUT2D eigenvalue weighted by Gasteiger charge is 2.40. The molecule has 0 atom stereocenters. The van der Waals surface area contributed by atoms with Gasteiger partial charge in [0.05, 0.1) is 12.0 Å². The van der Waals surface area contributed by atoms with Crippen LogP contribution in [0.1, 0.15) is 70.6 Å². The van der Waals surface area contributed by atoms with Crippen molar-refractivity contribution in [1.82, 2.24) is 4.90 Å². The van der Waals surface area contributed by atoms with E-state index in [9.17, 15) is 14.7 Å². The third-order valence-corrected chi connectivity index (χ3v) is 4.69. The highest BCUT2D eigenvalue weighted by Crippen LogP contribution is 2.36. The van der Waals surface area contributed by atoms with Crippen molar-refractivity contribution in [2.45, 2.75) is 76.2 Å². The van der Waals surface area contributed by atoms with E-state index in [1.54, 1.807) is 11.9 Å². The Hall–Kier alpha value is -1.10. The number of nitrogens with two attached hydrogens (primary N) is 1. The van der Waals surface area contributed by atoms with Gasteiger partial charge in [-0.25, -0.2) is 0 Å². The fourth-order valence-electron chi connectivity index (χ4n) is 3.33. The normalized spacial score (nSPS) is 17.4. The van der Waals surface area contributed by atoms with Gasteiger partial charge in [-0.1, -0.05) is 32.1 Å². The van der Waals surface area contributed by atoms with Crippen molar-refractivity contribution >= 4 is 11.9 Å². The van der Waals surface area contributed by atoms with Gasteiger partial charge in [-0.2, -0.15) is 0 Å². The summed E-state index contributed by atoms with van der Waals surface area (Å²) in [6.07, 6.45) is 9.34. The minimum absolute atomic E-state index is 0.0718. The molecule has 0 aromatic heterocycles.